The first-order chi connectivity index (χ1) is 17.2. The van der Waals surface area contributed by atoms with Crippen LogP contribution in [-0.4, -0.2) is 25.1 Å². The summed E-state index contributed by atoms with van der Waals surface area (Å²) in [5.41, 5.74) is 7.30. The van der Waals surface area contributed by atoms with Gasteiger partial charge in [-0.3, -0.25) is 0 Å². The Hall–Kier alpha value is -3.11. The summed E-state index contributed by atoms with van der Waals surface area (Å²) in [7, 11) is 1.00. The van der Waals surface area contributed by atoms with Gasteiger partial charge in [0.25, 0.3) is 0 Å². The number of aliphatic hydroxyl groups excluding tert-OH is 1. The molecule has 0 heterocycles. The number of carbonyl (C=O) groups excluding carboxylic acids is 1. The molecule has 1 unspecified atom stereocenters. The number of fused-ring (bicyclic) bond motifs is 1. The number of aryl methyl sites for hydroxylation is 2. The minimum absolute atomic E-state index is 0.366. The standard InChI is InChI=1S/C30H34O3.CH4O/c1-3-4-18-32-30-15-8-22(2)19-29(30)25-11-9-23(10-12-25)21-33-27-13-14-28-24(16-17-31)6-5-7-26(28)20-27;1-2/h8-15,17,19-20,24H,3-7,16,18,21H2,1-2H3;2H,1H3. The number of carbonyl (C=O) groups is 1. The second-order valence-corrected chi connectivity index (χ2v) is 9.04. The summed E-state index contributed by atoms with van der Waals surface area (Å²) in [6.45, 7) is 5.57. The van der Waals surface area contributed by atoms with Crippen LogP contribution in [0.15, 0.2) is 60.7 Å². The van der Waals surface area contributed by atoms with Crippen molar-refractivity contribution in [1.82, 2.24) is 0 Å². The highest BCUT2D eigenvalue weighted by molar-refractivity contribution is 5.71. The molecule has 0 spiro atoms. The molecule has 4 heteroatoms. The maximum atomic E-state index is 11.0. The van der Waals surface area contributed by atoms with Crippen molar-refractivity contribution in [1.29, 1.82) is 0 Å². The number of hydrogen-bond acceptors (Lipinski definition) is 4. The Kier molecular flexibility index (Phi) is 10.4. The van der Waals surface area contributed by atoms with Gasteiger partial charge in [0, 0.05) is 19.1 Å². The highest BCUT2D eigenvalue weighted by Crippen LogP contribution is 2.36. The molecule has 1 N–H and O–H groups in total. The van der Waals surface area contributed by atoms with E-state index in [1.165, 1.54) is 16.7 Å². The van der Waals surface area contributed by atoms with Gasteiger partial charge in [0.05, 0.1) is 6.61 Å². The van der Waals surface area contributed by atoms with Crippen molar-refractivity contribution in [3.05, 3.63) is 82.9 Å². The largest absolute Gasteiger partial charge is 0.493 e. The zero-order valence-corrected chi connectivity index (χ0v) is 21.3. The summed E-state index contributed by atoms with van der Waals surface area (Å²) in [5.74, 6) is 2.21. The van der Waals surface area contributed by atoms with Crippen LogP contribution >= 0.6 is 0 Å². The van der Waals surface area contributed by atoms with Gasteiger partial charge in [0.2, 0.25) is 0 Å². The highest BCUT2D eigenvalue weighted by atomic mass is 16.5. The molecule has 0 bridgehead atoms. The SMILES string of the molecule is CCCCOc1ccc(C)cc1-c1ccc(COc2ccc3c(c2)CCCC3CC=O)cc1.CO. The van der Waals surface area contributed by atoms with E-state index in [9.17, 15) is 4.79 Å². The fourth-order valence-electron chi connectivity index (χ4n) is 4.61. The Labute approximate surface area is 209 Å². The van der Waals surface area contributed by atoms with Crippen LogP contribution < -0.4 is 9.47 Å². The van der Waals surface area contributed by atoms with Gasteiger partial charge in [-0.2, -0.15) is 0 Å². The molecular formula is C31H38O4. The molecule has 1 aliphatic rings. The maximum absolute atomic E-state index is 11.0. The van der Waals surface area contributed by atoms with Gasteiger partial charge >= 0.3 is 0 Å². The third-order valence-corrected chi connectivity index (χ3v) is 6.49. The average molecular weight is 475 g/mol. The third-order valence-electron chi connectivity index (χ3n) is 6.49. The number of aldehydes is 1. The second kappa shape index (κ2) is 13.7. The van der Waals surface area contributed by atoms with Gasteiger partial charge in [-0.15, -0.1) is 0 Å². The summed E-state index contributed by atoms with van der Waals surface area (Å²) in [6, 6.07) is 21.3. The molecule has 0 aliphatic heterocycles. The number of rotatable bonds is 10. The first kappa shape index (κ1) is 26.5. The van der Waals surface area contributed by atoms with E-state index in [0.29, 0.717) is 18.9 Å². The first-order valence-electron chi connectivity index (χ1n) is 12.6. The van der Waals surface area contributed by atoms with Gasteiger partial charge in [-0.05, 0) is 85.0 Å². The van der Waals surface area contributed by atoms with Gasteiger partial charge in [-0.25, -0.2) is 0 Å². The minimum atomic E-state index is 0.366. The molecule has 0 saturated carbocycles. The summed E-state index contributed by atoms with van der Waals surface area (Å²) < 4.78 is 12.2. The molecule has 0 amide bonds. The number of ether oxygens (including phenoxy) is 2. The Morgan fingerprint density at radius 1 is 1.00 bits per heavy atom. The molecule has 0 fully saturated rings. The van der Waals surface area contributed by atoms with E-state index in [-0.39, 0.29) is 0 Å². The fraction of sp³-hybridized carbons (Fsp3) is 0.387. The molecule has 186 valence electrons. The number of benzene rings is 3. The number of hydrogen-bond donors (Lipinski definition) is 1. The molecule has 1 atom stereocenters. The van der Waals surface area contributed by atoms with Crippen molar-refractivity contribution in [3.8, 4) is 22.6 Å². The molecule has 4 rings (SSSR count). The van der Waals surface area contributed by atoms with Crippen LogP contribution in [0.5, 0.6) is 11.5 Å². The zero-order valence-electron chi connectivity index (χ0n) is 21.3. The minimum Gasteiger partial charge on any atom is -0.493 e. The van der Waals surface area contributed by atoms with Crippen LogP contribution in [-0.2, 0) is 17.8 Å². The van der Waals surface area contributed by atoms with Crippen molar-refractivity contribution in [2.75, 3.05) is 13.7 Å². The summed E-state index contributed by atoms with van der Waals surface area (Å²) in [6.07, 6.45) is 7.15. The fourth-order valence-corrected chi connectivity index (χ4v) is 4.61. The highest BCUT2D eigenvalue weighted by Gasteiger charge is 2.20. The van der Waals surface area contributed by atoms with Crippen LogP contribution in [0.25, 0.3) is 11.1 Å². The lowest BCUT2D eigenvalue weighted by Gasteiger charge is -2.24. The van der Waals surface area contributed by atoms with Crippen LogP contribution in [0.3, 0.4) is 0 Å². The molecule has 1 aliphatic carbocycles. The van der Waals surface area contributed by atoms with Crippen molar-refractivity contribution < 1.29 is 19.4 Å². The van der Waals surface area contributed by atoms with E-state index in [0.717, 1.165) is 80.3 Å². The van der Waals surface area contributed by atoms with Crippen molar-refractivity contribution in [2.45, 2.75) is 64.9 Å². The number of aliphatic hydroxyl groups is 1. The lowest BCUT2D eigenvalue weighted by molar-refractivity contribution is -0.108. The zero-order chi connectivity index (χ0) is 25.0. The normalized spacial score (nSPS) is 14.3. The van der Waals surface area contributed by atoms with E-state index >= 15 is 0 Å². The lowest BCUT2D eigenvalue weighted by Crippen LogP contribution is -2.10. The Balaban J connectivity index is 0.00000167. The lowest BCUT2D eigenvalue weighted by atomic mass is 9.81. The average Bonchev–Trinajstić information content (AvgIpc) is 2.90. The summed E-state index contributed by atoms with van der Waals surface area (Å²) >= 11 is 0. The van der Waals surface area contributed by atoms with E-state index in [2.05, 4.69) is 68.4 Å². The maximum Gasteiger partial charge on any atom is 0.127 e. The molecule has 0 radical (unpaired) electrons. The van der Waals surface area contributed by atoms with Gasteiger partial charge in [-0.1, -0.05) is 55.3 Å². The van der Waals surface area contributed by atoms with Gasteiger partial charge < -0.3 is 19.4 Å². The van der Waals surface area contributed by atoms with Crippen molar-refractivity contribution in [2.24, 2.45) is 0 Å². The summed E-state index contributed by atoms with van der Waals surface area (Å²) in [4.78, 5) is 11.0. The summed E-state index contributed by atoms with van der Waals surface area (Å²) in [5, 5.41) is 7.00. The molecule has 3 aromatic carbocycles. The third kappa shape index (κ3) is 7.19. The predicted octanol–water partition coefficient (Wildman–Crippen LogP) is 7.04. The van der Waals surface area contributed by atoms with E-state index in [4.69, 9.17) is 14.6 Å². The Morgan fingerprint density at radius 3 is 2.54 bits per heavy atom. The molecule has 0 saturated heterocycles. The van der Waals surface area contributed by atoms with Crippen LogP contribution in [0, 0.1) is 6.92 Å². The van der Waals surface area contributed by atoms with Crippen LogP contribution in [0.1, 0.15) is 67.2 Å². The van der Waals surface area contributed by atoms with E-state index in [1.807, 2.05) is 6.07 Å². The van der Waals surface area contributed by atoms with Gasteiger partial charge in [0.1, 0.15) is 24.4 Å². The molecule has 4 nitrogen and oxygen atoms in total. The van der Waals surface area contributed by atoms with Gasteiger partial charge in [0.15, 0.2) is 0 Å². The quantitative estimate of drug-likeness (QED) is 0.253. The topological polar surface area (TPSA) is 55.8 Å². The van der Waals surface area contributed by atoms with E-state index in [1.54, 1.807) is 0 Å². The Bertz CT molecular complexity index is 1070. The molecular weight excluding hydrogens is 436 g/mol. The first-order valence-corrected chi connectivity index (χ1v) is 12.6. The molecule has 35 heavy (non-hydrogen) atoms. The monoisotopic (exact) mass is 474 g/mol. The predicted molar refractivity (Wildman–Crippen MR) is 142 cm³/mol. The van der Waals surface area contributed by atoms with E-state index < -0.39 is 0 Å². The second-order valence-electron chi connectivity index (χ2n) is 9.04. The van der Waals surface area contributed by atoms with Crippen LogP contribution in [0.2, 0.25) is 0 Å². The van der Waals surface area contributed by atoms with Crippen LogP contribution in [0.4, 0.5) is 0 Å². The Morgan fingerprint density at radius 2 is 1.80 bits per heavy atom. The van der Waals surface area contributed by atoms with Crippen molar-refractivity contribution in [3.63, 3.8) is 0 Å². The smallest absolute Gasteiger partial charge is 0.127 e. The number of unbranched alkanes of at least 4 members (excludes halogenated alkanes) is 1. The van der Waals surface area contributed by atoms with Crippen molar-refractivity contribution >= 4 is 6.29 Å². The molecule has 3 aromatic rings. The molecule has 0 aromatic heterocycles.